The zero-order valence-electron chi connectivity index (χ0n) is 15.2. The van der Waals surface area contributed by atoms with Gasteiger partial charge in [0.1, 0.15) is 5.75 Å². The van der Waals surface area contributed by atoms with E-state index in [9.17, 15) is 4.79 Å². The summed E-state index contributed by atoms with van der Waals surface area (Å²) in [5, 5.41) is 4.13. The van der Waals surface area contributed by atoms with Gasteiger partial charge in [-0.1, -0.05) is 12.1 Å². The molecule has 0 aliphatic carbocycles. The van der Waals surface area contributed by atoms with Crippen LogP contribution in [0.15, 0.2) is 30.5 Å². The standard InChI is InChI=1S/C20H25N3O2/c1-15-18(13-21-22(15)2)19(24)8-6-16-7-9-20(25-3)17(12-16)14-23-10-4-5-11-23/h6-9,12-13H,4-5,10-11,14H2,1-3H3/b8-6+. The van der Waals surface area contributed by atoms with E-state index in [1.807, 2.05) is 32.2 Å². The van der Waals surface area contributed by atoms with Gasteiger partial charge in [0, 0.05) is 24.8 Å². The molecule has 3 rings (SSSR count). The van der Waals surface area contributed by atoms with Crippen molar-refractivity contribution in [2.24, 2.45) is 7.05 Å². The first-order chi connectivity index (χ1) is 12.1. The SMILES string of the molecule is COc1ccc(/C=C/C(=O)c2cnn(C)c2C)cc1CN1CCCC1. The normalized spacial score (nSPS) is 15.2. The highest BCUT2D eigenvalue weighted by Crippen LogP contribution is 2.24. The molecule has 132 valence electrons. The van der Waals surface area contributed by atoms with Crippen LogP contribution in [0, 0.1) is 6.92 Å². The molecule has 0 radical (unpaired) electrons. The van der Waals surface area contributed by atoms with Crippen molar-refractivity contribution in [1.29, 1.82) is 0 Å². The Hall–Kier alpha value is -2.40. The number of nitrogens with zero attached hydrogens (tertiary/aromatic N) is 3. The number of aryl methyl sites for hydroxylation is 1. The Labute approximate surface area is 148 Å². The predicted octanol–water partition coefficient (Wildman–Crippen LogP) is 3.23. The van der Waals surface area contributed by atoms with Crippen LogP contribution in [0.3, 0.4) is 0 Å². The van der Waals surface area contributed by atoms with Gasteiger partial charge in [-0.3, -0.25) is 14.4 Å². The molecule has 5 heteroatoms. The van der Waals surface area contributed by atoms with E-state index in [0.717, 1.165) is 42.2 Å². The molecule has 5 nitrogen and oxygen atoms in total. The largest absolute Gasteiger partial charge is 0.496 e. The van der Waals surface area contributed by atoms with Crippen molar-refractivity contribution < 1.29 is 9.53 Å². The van der Waals surface area contributed by atoms with Crippen LogP contribution < -0.4 is 4.74 Å². The third-order valence-electron chi connectivity index (χ3n) is 4.82. The molecule has 0 spiro atoms. The van der Waals surface area contributed by atoms with Crippen LogP contribution in [0.4, 0.5) is 0 Å². The smallest absolute Gasteiger partial charge is 0.189 e. The van der Waals surface area contributed by atoms with Crippen LogP contribution in [0.25, 0.3) is 6.08 Å². The summed E-state index contributed by atoms with van der Waals surface area (Å²) in [6, 6.07) is 6.06. The number of hydrogen-bond acceptors (Lipinski definition) is 4. The fourth-order valence-corrected chi connectivity index (χ4v) is 3.21. The van der Waals surface area contributed by atoms with Crippen LogP contribution in [-0.2, 0) is 13.6 Å². The molecule has 1 fully saturated rings. The first kappa shape index (κ1) is 17.4. The molecule has 0 N–H and O–H groups in total. The molecular formula is C20H25N3O2. The van der Waals surface area contributed by atoms with Crippen molar-refractivity contribution >= 4 is 11.9 Å². The van der Waals surface area contributed by atoms with Gasteiger partial charge in [0.15, 0.2) is 5.78 Å². The van der Waals surface area contributed by atoms with Crippen LogP contribution in [0.5, 0.6) is 5.75 Å². The van der Waals surface area contributed by atoms with Crippen LogP contribution in [0.2, 0.25) is 0 Å². The quantitative estimate of drug-likeness (QED) is 0.599. The maximum atomic E-state index is 12.4. The van der Waals surface area contributed by atoms with Crippen LogP contribution >= 0.6 is 0 Å². The average Bonchev–Trinajstić information content (AvgIpc) is 3.24. The minimum Gasteiger partial charge on any atom is -0.496 e. The molecule has 1 aromatic heterocycles. The Morgan fingerprint density at radius 3 is 2.72 bits per heavy atom. The zero-order valence-corrected chi connectivity index (χ0v) is 15.2. The Balaban J connectivity index is 1.77. The monoisotopic (exact) mass is 339 g/mol. The van der Waals surface area contributed by atoms with Gasteiger partial charge in [-0.25, -0.2) is 0 Å². The molecule has 1 aliphatic rings. The minimum absolute atomic E-state index is 0.0255. The summed E-state index contributed by atoms with van der Waals surface area (Å²) in [4.78, 5) is 14.8. The lowest BCUT2D eigenvalue weighted by atomic mass is 10.1. The van der Waals surface area contributed by atoms with Gasteiger partial charge in [-0.15, -0.1) is 0 Å². The Bertz CT molecular complexity index is 786. The molecule has 0 amide bonds. The highest BCUT2D eigenvalue weighted by Gasteiger charge is 2.14. The van der Waals surface area contributed by atoms with Crippen molar-refractivity contribution in [3.8, 4) is 5.75 Å². The molecule has 0 atom stereocenters. The number of rotatable bonds is 6. The Morgan fingerprint density at radius 1 is 1.32 bits per heavy atom. The number of ether oxygens (including phenoxy) is 1. The molecule has 2 heterocycles. The summed E-state index contributed by atoms with van der Waals surface area (Å²) in [5.41, 5.74) is 3.69. The van der Waals surface area contributed by atoms with Gasteiger partial charge in [-0.05, 0) is 56.6 Å². The van der Waals surface area contributed by atoms with Crippen molar-refractivity contribution in [2.45, 2.75) is 26.3 Å². The first-order valence-electron chi connectivity index (χ1n) is 8.69. The number of hydrogen-bond donors (Lipinski definition) is 0. The lowest BCUT2D eigenvalue weighted by molar-refractivity contribution is 0.104. The number of carbonyl (C=O) groups is 1. The fourth-order valence-electron chi connectivity index (χ4n) is 3.21. The van der Waals surface area contributed by atoms with E-state index in [1.54, 1.807) is 24.1 Å². The predicted molar refractivity (Wildman–Crippen MR) is 98.8 cm³/mol. The maximum Gasteiger partial charge on any atom is 0.189 e. The van der Waals surface area contributed by atoms with E-state index in [2.05, 4.69) is 16.1 Å². The van der Waals surface area contributed by atoms with E-state index < -0.39 is 0 Å². The molecule has 25 heavy (non-hydrogen) atoms. The van der Waals surface area contributed by atoms with Crippen molar-refractivity contribution in [3.63, 3.8) is 0 Å². The van der Waals surface area contributed by atoms with Crippen LogP contribution in [0.1, 0.15) is 40.0 Å². The Kier molecular flexibility index (Phi) is 5.34. The fraction of sp³-hybridized carbons (Fsp3) is 0.400. The van der Waals surface area contributed by atoms with Gasteiger partial charge >= 0.3 is 0 Å². The topological polar surface area (TPSA) is 47.4 Å². The van der Waals surface area contributed by atoms with Crippen molar-refractivity contribution in [2.75, 3.05) is 20.2 Å². The summed E-state index contributed by atoms with van der Waals surface area (Å²) >= 11 is 0. The van der Waals surface area contributed by atoms with E-state index in [-0.39, 0.29) is 5.78 Å². The number of benzene rings is 1. The summed E-state index contributed by atoms with van der Waals surface area (Å²) in [6.45, 7) is 5.07. The molecule has 0 unspecified atom stereocenters. The molecular weight excluding hydrogens is 314 g/mol. The van der Waals surface area contributed by atoms with Gasteiger partial charge in [-0.2, -0.15) is 5.10 Å². The molecule has 1 aromatic carbocycles. The van der Waals surface area contributed by atoms with Gasteiger partial charge in [0.05, 0.1) is 18.9 Å². The summed E-state index contributed by atoms with van der Waals surface area (Å²) in [6.07, 6.45) is 7.63. The van der Waals surface area contributed by atoms with Crippen LogP contribution in [-0.4, -0.2) is 40.7 Å². The first-order valence-corrected chi connectivity index (χ1v) is 8.69. The van der Waals surface area contributed by atoms with Crippen molar-refractivity contribution in [1.82, 2.24) is 14.7 Å². The number of ketones is 1. The molecule has 0 saturated carbocycles. The second-order valence-corrected chi connectivity index (χ2v) is 6.52. The lowest BCUT2D eigenvalue weighted by Gasteiger charge is -2.17. The zero-order chi connectivity index (χ0) is 17.8. The minimum atomic E-state index is -0.0255. The van der Waals surface area contributed by atoms with E-state index in [4.69, 9.17) is 4.74 Å². The second kappa shape index (κ2) is 7.66. The number of carbonyl (C=O) groups excluding carboxylic acids is 1. The second-order valence-electron chi connectivity index (χ2n) is 6.52. The number of aromatic nitrogens is 2. The molecule has 1 saturated heterocycles. The summed E-state index contributed by atoms with van der Waals surface area (Å²) < 4.78 is 7.21. The van der Waals surface area contributed by atoms with E-state index in [0.29, 0.717) is 5.56 Å². The lowest BCUT2D eigenvalue weighted by Crippen LogP contribution is -2.18. The molecule has 1 aliphatic heterocycles. The van der Waals surface area contributed by atoms with E-state index >= 15 is 0 Å². The van der Waals surface area contributed by atoms with Gasteiger partial charge in [0.25, 0.3) is 0 Å². The van der Waals surface area contributed by atoms with Crippen molar-refractivity contribution in [3.05, 3.63) is 52.9 Å². The molecule has 2 aromatic rings. The average molecular weight is 339 g/mol. The Morgan fingerprint density at radius 2 is 2.08 bits per heavy atom. The van der Waals surface area contributed by atoms with E-state index in [1.165, 1.54) is 12.8 Å². The maximum absolute atomic E-state index is 12.4. The number of allylic oxidation sites excluding steroid dienone is 1. The number of likely N-dealkylation sites (tertiary alicyclic amines) is 1. The van der Waals surface area contributed by atoms with Gasteiger partial charge in [0.2, 0.25) is 0 Å². The highest BCUT2D eigenvalue weighted by atomic mass is 16.5. The summed E-state index contributed by atoms with van der Waals surface area (Å²) in [5.74, 6) is 0.876. The molecule has 0 bridgehead atoms. The number of methoxy groups -OCH3 is 1. The summed E-state index contributed by atoms with van der Waals surface area (Å²) in [7, 11) is 3.54. The van der Waals surface area contributed by atoms with Gasteiger partial charge < -0.3 is 4.74 Å². The third-order valence-corrected chi connectivity index (χ3v) is 4.82. The highest BCUT2D eigenvalue weighted by molar-refractivity contribution is 6.07. The third kappa shape index (κ3) is 3.99.